The number of amides is 3. The number of aliphatic carboxylic acids is 1. The average Bonchev–Trinajstić information content (AvgIpc) is 2.79. The van der Waals surface area contributed by atoms with Crippen molar-refractivity contribution in [2.45, 2.75) is 45.2 Å². The average molecular weight is 466 g/mol. The van der Waals surface area contributed by atoms with E-state index in [9.17, 15) is 24.3 Å². The van der Waals surface area contributed by atoms with Gasteiger partial charge >= 0.3 is 5.97 Å². The van der Waals surface area contributed by atoms with Crippen LogP contribution in [-0.4, -0.2) is 74.4 Å². The summed E-state index contributed by atoms with van der Waals surface area (Å²) in [5.74, 6) is -2.69. The third-order valence-electron chi connectivity index (χ3n) is 5.05. The third kappa shape index (κ3) is 11.4. The zero-order chi connectivity index (χ0) is 24.6. The molecule has 1 aromatic rings. The summed E-state index contributed by atoms with van der Waals surface area (Å²) < 4.78 is 10.1. The molecule has 3 atom stereocenters. The second-order valence-electron chi connectivity index (χ2n) is 7.67. The summed E-state index contributed by atoms with van der Waals surface area (Å²) >= 11 is 0. The molecule has 0 spiro atoms. The summed E-state index contributed by atoms with van der Waals surface area (Å²) in [6.45, 7) is 3.98. The molecular weight excluding hydrogens is 430 g/mol. The van der Waals surface area contributed by atoms with Crippen molar-refractivity contribution in [3.63, 3.8) is 0 Å². The van der Waals surface area contributed by atoms with Crippen molar-refractivity contribution >= 4 is 23.7 Å². The standard InChI is InChI=1S/C23H35N3O7/c1-4-16(2)21(23(30)31)26-19(27)10-11-24-22(29)18(14-17-8-6-5-7-9-17)25-20(28)15-33-13-12-32-3/h5-9,16,18,21H,4,10-15H2,1-3H3,(H,24,29)(H,25,28)(H,26,27)(H,30,31)/t16-,18-,21-/m0/s1. The second kappa shape index (κ2) is 15.8. The van der Waals surface area contributed by atoms with Crippen LogP contribution in [0.4, 0.5) is 0 Å². The van der Waals surface area contributed by atoms with Gasteiger partial charge in [-0.05, 0) is 11.5 Å². The minimum atomic E-state index is -1.10. The maximum absolute atomic E-state index is 12.7. The molecule has 33 heavy (non-hydrogen) atoms. The van der Waals surface area contributed by atoms with Crippen LogP contribution in [0.1, 0.15) is 32.3 Å². The number of nitrogens with one attached hydrogen (secondary N) is 3. The number of ether oxygens (including phenoxy) is 2. The van der Waals surface area contributed by atoms with Crippen LogP contribution in [0, 0.1) is 5.92 Å². The number of carbonyl (C=O) groups excluding carboxylic acids is 3. The van der Waals surface area contributed by atoms with Crippen molar-refractivity contribution in [1.82, 2.24) is 16.0 Å². The van der Waals surface area contributed by atoms with Gasteiger partial charge in [-0.25, -0.2) is 4.79 Å². The normalized spacial score (nSPS) is 13.4. The molecule has 10 heteroatoms. The molecule has 0 aliphatic carbocycles. The van der Waals surface area contributed by atoms with Gasteiger partial charge in [0, 0.05) is 26.5 Å². The van der Waals surface area contributed by atoms with Crippen molar-refractivity contribution < 1.29 is 33.8 Å². The Morgan fingerprint density at radius 2 is 1.73 bits per heavy atom. The van der Waals surface area contributed by atoms with E-state index in [0.29, 0.717) is 13.0 Å². The molecule has 0 unspecified atom stereocenters. The SMILES string of the molecule is CC[C@H](C)[C@H](NC(=O)CCNC(=O)[C@H](Cc1ccccc1)NC(=O)COCCOC)C(=O)O. The monoisotopic (exact) mass is 465 g/mol. The van der Waals surface area contributed by atoms with Gasteiger partial charge in [0.15, 0.2) is 0 Å². The molecule has 0 fully saturated rings. The van der Waals surface area contributed by atoms with E-state index in [4.69, 9.17) is 9.47 Å². The van der Waals surface area contributed by atoms with Gasteiger partial charge in [0.1, 0.15) is 18.7 Å². The van der Waals surface area contributed by atoms with Crippen molar-refractivity contribution in [1.29, 1.82) is 0 Å². The molecule has 4 N–H and O–H groups in total. The van der Waals surface area contributed by atoms with E-state index in [1.165, 1.54) is 7.11 Å². The van der Waals surface area contributed by atoms with Crippen LogP contribution in [0.3, 0.4) is 0 Å². The van der Waals surface area contributed by atoms with E-state index in [-0.39, 0.29) is 38.5 Å². The highest BCUT2D eigenvalue weighted by molar-refractivity contribution is 5.89. The van der Waals surface area contributed by atoms with Crippen LogP contribution < -0.4 is 16.0 Å². The van der Waals surface area contributed by atoms with Crippen LogP contribution in [0.15, 0.2) is 30.3 Å². The number of benzene rings is 1. The number of carboxylic acids is 1. The second-order valence-corrected chi connectivity index (χ2v) is 7.67. The lowest BCUT2D eigenvalue weighted by molar-refractivity contribution is -0.143. The van der Waals surface area contributed by atoms with Gasteiger partial charge in [0.2, 0.25) is 17.7 Å². The molecular formula is C23H35N3O7. The van der Waals surface area contributed by atoms with E-state index in [0.717, 1.165) is 5.56 Å². The Kier molecular flexibility index (Phi) is 13.4. The molecule has 0 bridgehead atoms. The number of carboxylic acid groups (broad SMARTS) is 1. The molecule has 0 saturated carbocycles. The van der Waals surface area contributed by atoms with Gasteiger partial charge in [0.25, 0.3) is 0 Å². The number of carbonyl (C=O) groups is 4. The van der Waals surface area contributed by atoms with Crippen molar-refractivity contribution in [3.8, 4) is 0 Å². The number of hydrogen-bond acceptors (Lipinski definition) is 6. The third-order valence-corrected chi connectivity index (χ3v) is 5.05. The molecule has 3 amide bonds. The Morgan fingerprint density at radius 1 is 1.03 bits per heavy atom. The van der Waals surface area contributed by atoms with E-state index in [1.54, 1.807) is 6.92 Å². The highest BCUT2D eigenvalue weighted by atomic mass is 16.5. The molecule has 184 valence electrons. The van der Waals surface area contributed by atoms with Crippen LogP contribution in [0.25, 0.3) is 0 Å². The van der Waals surface area contributed by atoms with Crippen LogP contribution in [0.5, 0.6) is 0 Å². The molecule has 0 aromatic heterocycles. The first-order valence-corrected chi connectivity index (χ1v) is 11.0. The molecule has 0 radical (unpaired) electrons. The first-order valence-electron chi connectivity index (χ1n) is 11.0. The Labute approximate surface area is 194 Å². The predicted octanol–water partition coefficient (Wildman–Crippen LogP) is 0.499. The molecule has 10 nitrogen and oxygen atoms in total. The quantitative estimate of drug-likeness (QED) is 0.260. The largest absolute Gasteiger partial charge is 0.480 e. The van der Waals surface area contributed by atoms with Crippen molar-refractivity contribution in [2.75, 3.05) is 33.5 Å². The van der Waals surface area contributed by atoms with Gasteiger partial charge in [-0.3, -0.25) is 14.4 Å². The summed E-state index contributed by atoms with van der Waals surface area (Å²) in [7, 11) is 1.52. The molecule has 0 saturated heterocycles. The Morgan fingerprint density at radius 3 is 2.33 bits per heavy atom. The Bertz CT molecular complexity index is 758. The highest BCUT2D eigenvalue weighted by Gasteiger charge is 2.25. The van der Waals surface area contributed by atoms with Gasteiger partial charge in [0.05, 0.1) is 13.2 Å². The van der Waals surface area contributed by atoms with E-state index < -0.39 is 35.8 Å². The number of methoxy groups -OCH3 is 1. The topological polar surface area (TPSA) is 143 Å². The molecule has 1 aromatic carbocycles. The number of hydrogen-bond donors (Lipinski definition) is 4. The Hall–Kier alpha value is -2.98. The van der Waals surface area contributed by atoms with E-state index in [2.05, 4.69) is 16.0 Å². The minimum absolute atomic E-state index is 0.00299. The summed E-state index contributed by atoms with van der Waals surface area (Å²) in [6.07, 6.45) is 0.778. The van der Waals surface area contributed by atoms with Gasteiger partial charge in [-0.2, -0.15) is 0 Å². The van der Waals surface area contributed by atoms with Gasteiger partial charge < -0.3 is 30.5 Å². The maximum Gasteiger partial charge on any atom is 0.326 e. The highest BCUT2D eigenvalue weighted by Crippen LogP contribution is 2.08. The lowest BCUT2D eigenvalue weighted by atomic mass is 9.99. The fourth-order valence-electron chi connectivity index (χ4n) is 2.95. The summed E-state index contributed by atoms with van der Waals surface area (Å²) in [6, 6.07) is 7.36. The smallest absolute Gasteiger partial charge is 0.326 e. The first kappa shape index (κ1) is 28.1. The maximum atomic E-state index is 12.7. The van der Waals surface area contributed by atoms with Crippen molar-refractivity contribution in [3.05, 3.63) is 35.9 Å². The Balaban J connectivity index is 2.62. The van der Waals surface area contributed by atoms with E-state index >= 15 is 0 Å². The predicted molar refractivity (Wildman–Crippen MR) is 121 cm³/mol. The van der Waals surface area contributed by atoms with Crippen LogP contribution in [0.2, 0.25) is 0 Å². The van der Waals surface area contributed by atoms with Crippen LogP contribution in [-0.2, 0) is 35.1 Å². The summed E-state index contributed by atoms with van der Waals surface area (Å²) in [5.41, 5.74) is 0.855. The first-order chi connectivity index (χ1) is 15.8. The molecule has 0 aliphatic heterocycles. The lowest BCUT2D eigenvalue weighted by Crippen LogP contribution is -2.50. The summed E-state index contributed by atoms with van der Waals surface area (Å²) in [5, 5.41) is 17.1. The zero-order valence-electron chi connectivity index (χ0n) is 19.5. The zero-order valence-corrected chi connectivity index (χ0v) is 19.5. The van der Waals surface area contributed by atoms with Crippen molar-refractivity contribution in [2.24, 2.45) is 5.92 Å². The van der Waals surface area contributed by atoms with Gasteiger partial charge in [-0.15, -0.1) is 0 Å². The lowest BCUT2D eigenvalue weighted by Gasteiger charge is -2.21. The minimum Gasteiger partial charge on any atom is -0.480 e. The van der Waals surface area contributed by atoms with Crippen LogP contribution >= 0.6 is 0 Å². The fourth-order valence-corrected chi connectivity index (χ4v) is 2.95. The summed E-state index contributed by atoms with van der Waals surface area (Å²) in [4.78, 5) is 48.4. The fraction of sp³-hybridized carbons (Fsp3) is 0.565. The molecule has 0 aliphatic rings. The molecule has 0 heterocycles. The molecule has 1 rings (SSSR count). The van der Waals surface area contributed by atoms with Gasteiger partial charge in [-0.1, -0.05) is 50.6 Å². The van der Waals surface area contributed by atoms with E-state index in [1.807, 2.05) is 37.3 Å². The number of rotatable bonds is 16.